The average molecular weight is 258 g/mol. The van der Waals surface area contributed by atoms with Crippen LogP contribution in [-0.2, 0) is 0 Å². The maximum absolute atomic E-state index is 10.7. The second-order valence-corrected chi connectivity index (χ2v) is 4.33. The molecule has 5 heteroatoms. The number of hydrogen-bond donors (Lipinski definition) is 3. The van der Waals surface area contributed by atoms with E-state index in [2.05, 4.69) is 5.32 Å². The SMILES string of the molecule is CC(O)CCCNc1ccc(C(=O)O)cc1Cl. The van der Waals surface area contributed by atoms with Crippen LogP contribution in [-0.4, -0.2) is 28.8 Å². The Morgan fingerprint density at radius 3 is 2.76 bits per heavy atom. The Labute approximate surface area is 105 Å². The predicted molar refractivity (Wildman–Crippen MR) is 67.8 cm³/mol. The fourth-order valence-electron chi connectivity index (χ4n) is 1.41. The van der Waals surface area contributed by atoms with Gasteiger partial charge in [0.05, 0.1) is 22.4 Å². The number of rotatable bonds is 6. The number of anilines is 1. The third-order valence-corrected chi connectivity index (χ3v) is 2.64. The van der Waals surface area contributed by atoms with E-state index in [0.29, 0.717) is 17.3 Å². The molecule has 0 fully saturated rings. The summed E-state index contributed by atoms with van der Waals surface area (Å²) >= 11 is 5.94. The molecule has 0 heterocycles. The quantitative estimate of drug-likeness (QED) is 0.685. The molecule has 0 aliphatic rings. The number of aliphatic hydroxyl groups excluding tert-OH is 1. The predicted octanol–water partition coefficient (Wildman–Crippen LogP) is 2.61. The number of carboxylic acids is 1. The molecule has 1 aromatic carbocycles. The number of hydrogen-bond acceptors (Lipinski definition) is 3. The molecule has 1 atom stereocenters. The van der Waals surface area contributed by atoms with Gasteiger partial charge in [-0.05, 0) is 38.0 Å². The highest BCUT2D eigenvalue weighted by atomic mass is 35.5. The fourth-order valence-corrected chi connectivity index (χ4v) is 1.66. The first-order valence-electron chi connectivity index (χ1n) is 5.45. The summed E-state index contributed by atoms with van der Waals surface area (Å²) in [5, 5.41) is 21.3. The van der Waals surface area contributed by atoms with Crippen molar-refractivity contribution in [3.05, 3.63) is 28.8 Å². The van der Waals surface area contributed by atoms with Crippen LogP contribution in [0.25, 0.3) is 0 Å². The Morgan fingerprint density at radius 1 is 1.53 bits per heavy atom. The molecule has 0 saturated heterocycles. The number of carbonyl (C=O) groups is 1. The molecular formula is C12H16ClNO3. The lowest BCUT2D eigenvalue weighted by molar-refractivity contribution is 0.0697. The summed E-state index contributed by atoms with van der Waals surface area (Å²) in [4.78, 5) is 10.7. The summed E-state index contributed by atoms with van der Waals surface area (Å²) in [7, 11) is 0. The fraction of sp³-hybridized carbons (Fsp3) is 0.417. The van der Waals surface area contributed by atoms with Crippen LogP contribution in [0.5, 0.6) is 0 Å². The van der Waals surface area contributed by atoms with Crippen LogP contribution in [0, 0.1) is 0 Å². The van der Waals surface area contributed by atoms with Crippen LogP contribution in [0.15, 0.2) is 18.2 Å². The Hall–Kier alpha value is -1.26. The monoisotopic (exact) mass is 257 g/mol. The van der Waals surface area contributed by atoms with Gasteiger partial charge in [0.25, 0.3) is 0 Å². The Kier molecular flexibility index (Phi) is 5.25. The molecule has 3 N–H and O–H groups in total. The molecule has 94 valence electrons. The van der Waals surface area contributed by atoms with Gasteiger partial charge in [-0.3, -0.25) is 0 Å². The molecule has 17 heavy (non-hydrogen) atoms. The van der Waals surface area contributed by atoms with Crippen molar-refractivity contribution >= 4 is 23.3 Å². The first kappa shape index (κ1) is 13.8. The summed E-state index contributed by atoms with van der Waals surface area (Å²) < 4.78 is 0. The second kappa shape index (κ2) is 6.47. The third-order valence-electron chi connectivity index (χ3n) is 2.33. The minimum Gasteiger partial charge on any atom is -0.478 e. The van der Waals surface area contributed by atoms with Crippen LogP contribution in [0.4, 0.5) is 5.69 Å². The lowest BCUT2D eigenvalue weighted by atomic mass is 10.2. The van der Waals surface area contributed by atoms with Gasteiger partial charge in [0.15, 0.2) is 0 Å². The molecule has 0 bridgehead atoms. The van der Waals surface area contributed by atoms with Gasteiger partial charge < -0.3 is 15.5 Å². The number of carboxylic acid groups (broad SMARTS) is 1. The van der Waals surface area contributed by atoms with Crippen molar-refractivity contribution in [2.75, 3.05) is 11.9 Å². The van der Waals surface area contributed by atoms with E-state index in [4.69, 9.17) is 21.8 Å². The van der Waals surface area contributed by atoms with Crippen molar-refractivity contribution < 1.29 is 15.0 Å². The molecule has 0 amide bonds. The van der Waals surface area contributed by atoms with Crippen molar-refractivity contribution in [2.24, 2.45) is 0 Å². The van der Waals surface area contributed by atoms with Crippen molar-refractivity contribution in [3.8, 4) is 0 Å². The molecule has 0 saturated carbocycles. The molecule has 4 nitrogen and oxygen atoms in total. The van der Waals surface area contributed by atoms with Gasteiger partial charge in [-0.15, -0.1) is 0 Å². The van der Waals surface area contributed by atoms with Gasteiger partial charge >= 0.3 is 5.97 Å². The molecule has 0 aliphatic carbocycles. The van der Waals surface area contributed by atoms with Gasteiger partial charge in [0, 0.05) is 6.54 Å². The number of benzene rings is 1. The van der Waals surface area contributed by atoms with E-state index in [0.717, 1.165) is 12.8 Å². The zero-order chi connectivity index (χ0) is 12.8. The number of halogens is 1. The summed E-state index contributed by atoms with van der Waals surface area (Å²) in [5.74, 6) is -0.993. The molecule has 1 rings (SSSR count). The van der Waals surface area contributed by atoms with E-state index in [1.807, 2.05) is 0 Å². The van der Waals surface area contributed by atoms with Gasteiger partial charge in [0.1, 0.15) is 0 Å². The molecule has 0 radical (unpaired) electrons. The molecule has 0 aromatic heterocycles. The van der Waals surface area contributed by atoms with Crippen LogP contribution in [0.2, 0.25) is 5.02 Å². The largest absolute Gasteiger partial charge is 0.478 e. The summed E-state index contributed by atoms with van der Waals surface area (Å²) in [6.45, 7) is 2.44. The highest BCUT2D eigenvalue weighted by molar-refractivity contribution is 6.33. The topological polar surface area (TPSA) is 69.6 Å². The summed E-state index contributed by atoms with van der Waals surface area (Å²) in [6, 6.07) is 4.57. The van der Waals surface area contributed by atoms with E-state index in [1.54, 1.807) is 13.0 Å². The van der Waals surface area contributed by atoms with Gasteiger partial charge in [0.2, 0.25) is 0 Å². The molecule has 0 aliphatic heterocycles. The summed E-state index contributed by atoms with van der Waals surface area (Å²) in [6.07, 6.45) is 1.24. The number of aliphatic hydroxyl groups is 1. The highest BCUT2D eigenvalue weighted by Crippen LogP contribution is 2.23. The zero-order valence-electron chi connectivity index (χ0n) is 9.61. The van der Waals surface area contributed by atoms with Crippen LogP contribution in [0.1, 0.15) is 30.1 Å². The Balaban J connectivity index is 2.52. The minimum absolute atomic E-state index is 0.171. The van der Waals surface area contributed by atoms with Crippen molar-refractivity contribution in [3.63, 3.8) is 0 Å². The lowest BCUT2D eigenvalue weighted by Crippen LogP contribution is -2.07. The van der Waals surface area contributed by atoms with E-state index in [9.17, 15) is 4.79 Å². The number of aromatic carboxylic acids is 1. The van der Waals surface area contributed by atoms with E-state index >= 15 is 0 Å². The standard InChI is InChI=1S/C12H16ClNO3/c1-8(15)3-2-6-14-11-5-4-9(12(16)17)7-10(11)13/h4-5,7-8,14-15H,2-3,6H2,1H3,(H,16,17). The maximum atomic E-state index is 10.7. The smallest absolute Gasteiger partial charge is 0.335 e. The lowest BCUT2D eigenvalue weighted by Gasteiger charge is -2.09. The molecular weight excluding hydrogens is 242 g/mol. The van der Waals surface area contributed by atoms with Gasteiger partial charge in [-0.2, -0.15) is 0 Å². The zero-order valence-corrected chi connectivity index (χ0v) is 10.4. The van der Waals surface area contributed by atoms with Crippen LogP contribution >= 0.6 is 11.6 Å². The Morgan fingerprint density at radius 2 is 2.24 bits per heavy atom. The van der Waals surface area contributed by atoms with E-state index < -0.39 is 5.97 Å². The van der Waals surface area contributed by atoms with Gasteiger partial charge in [-0.1, -0.05) is 11.6 Å². The highest BCUT2D eigenvalue weighted by Gasteiger charge is 2.06. The van der Waals surface area contributed by atoms with Crippen molar-refractivity contribution in [2.45, 2.75) is 25.9 Å². The maximum Gasteiger partial charge on any atom is 0.335 e. The van der Waals surface area contributed by atoms with E-state index in [-0.39, 0.29) is 11.7 Å². The average Bonchev–Trinajstić information content (AvgIpc) is 2.25. The van der Waals surface area contributed by atoms with Crippen molar-refractivity contribution in [1.29, 1.82) is 0 Å². The first-order valence-corrected chi connectivity index (χ1v) is 5.83. The van der Waals surface area contributed by atoms with Crippen LogP contribution < -0.4 is 5.32 Å². The number of nitrogens with one attached hydrogen (secondary N) is 1. The first-order chi connectivity index (χ1) is 8.00. The van der Waals surface area contributed by atoms with E-state index in [1.165, 1.54) is 12.1 Å². The second-order valence-electron chi connectivity index (χ2n) is 3.92. The minimum atomic E-state index is -0.993. The summed E-state index contributed by atoms with van der Waals surface area (Å²) in [5.41, 5.74) is 0.881. The molecule has 1 aromatic rings. The van der Waals surface area contributed by atoms with Gasteiger partial charge in [-0.25, -0.2) is 4.79 Å². The Bertz CT molecular complexity index is 393. The normalized spacial score (nSPS) is 12.2. The third kappa shape index (κ3) is 4.63. The molecule has 1 unspecified atom stereocenters. The van der Waals surface area contributed by atoms with Crippen molar-refractivity contribution in [1.82, 2.24) is 0 Å². The molecule has 0 spiro atoms. The van der Waals surface area contributed by atoms with Crippen LogP contribution in [0.3, 0.4) is 0 Å².